The van der Waals surface area contributed by atoms with Crippen LogP contribution in [0.2, 0.25) is 0 Å². The molecule has 0 aromatic rings. The topological polar surface area (TPSA) is 171 Å². The lowest BCUT2D eigenvalue weighted by Crippen LogP contribution is -2.55. The second kappa shape index (κ2) is 13.6. The summed E-state index contributed by atoms with van der Waals surface area (Å²) >= 11 is 0. The second-order valence-corrected chi connectivity index (χ2v) is 11.5. The lowest BCUT2D eigenvalue weighted by molar-refractivity contribution is -0.262. The summed E-state index contributed by atoms with van der Waals surface area (Å²) in [5.41, 5.74) is -1.44. The number of hydrogen-bond acceptors (Lipinski definition) is 11. The van der Waals surface area contributed by atoms with E-state index in [9.17, 15) is 30.4 Å². The van der Waals surface area contributed by atoms with E-state index in [1.807, 2.05) is 6.92 Å². The predicted molar refractivity (Wildman–Crippen MR) is 141 cm³/mol. The van der Waals surface area contributed by atoms with Gasteiger partial charge in [-0.05, 0) is 46.8 Å². The Labute approximate surface area is 225 Å². The van der Waals surface area contributed by atoms with E-state index in [-0.39, 0.29) is 30.7 Å². The molecule has 2 rings (SSSR count). The third-order valence-electron chi connectivity index (χ3n) is 8.24. The molecule has 0 radical (unpaired) electrons. The maximum Gasteiger partial charge on any atom is 0.311 e. The van der Waals surface area contributed by atoms with Crippen LogP contribution >= 0.6 is 0 Å². The van der Waals surface area contributed by atoms with Crippen molar-refractivity contribution in [3.63, 3.8) is 0 Å². The van der Waals surface area contributed by atoms with E-state index in [0.717, 1.165) is 0 Å². The highest BCUT2D eigenvalue weighted by Crippen LogP contribution is 2.36. The van der Waals surface area contributed by atoms with Gasteiger partial charge in [0.2, 0.25) is 0 Å². The number of rotatable bonds is 4. The number of aliphatic hydroxyl groups excluding tert-OH is 3. The average molecular weight is 545 g/mol. The van der Waals surface area contributed by atoms with Crippen LogP contribution in [-0.4, -0.2) is 98.6 Å². The lowest BCUT2D eigenvalue weighted by atomic mass is 9.75. The van der Waals surface area contributed by atoms with Crippen LogP contribution in [0.3, 0.4) is 0 Å². The summed E-state index contributed by atoms with van der Waals surface area (Å²) in [6.07, 6.45) is -5.75. The Balaban J connectivity index is 2.52. The molecule has 38 heavy (non-hydrogen) atoms. The van der Waals surface area contributed by atoms with Crippen molar-refractivity contribution in [3.05, 3.63) is 0 Å². The Morgan fingerprint density at radius 2 is 1.68 bits per heavy atom. The van der Waals surface area contributed by atoms with Gasteiger partial charge in [0, 0.05) is 24.2 Å². The molecule has 220 valence electrons. The first kappa shape index (κ1) is 32.6. The van der Waals surface area contributed by atoms with Gasteiger partial charge in [-0.3, -0.25) is 9.79 Å². The van der Waals surface area contributed by atoms with E-state index in [0.29, 0.717) is 12.8 Å². The molecule has 2 aliphatic rings. The van der Waals surface area contributed by atoms with Crippen molar-refractivity contribution < 1.29 is 44.6 Å². The highest BCUT2D eigenvalue weighted by Gasteiger charge is 2.47. The van der Waals surface area contributed by atoms with E-state index in [2.05, 4.69) is 16.9 Å². The summed E-state index contributed by atoms with van der Waals surface area (Å²) in [5, 5.41) is 58.0. The molecule has 11 nitrogen and oxygen atoms in total. The SMILES string of the molecule is C=NC1CC(C)OC(O[C@@H]2[C@@H](C)[C@H](O)C(C)C(=O)O[C@H](CC)C(O)C(O)C(C)/C(=N/O)[C@H](C)C[C@@]2(C)O)C1. The number of ether oxygens (including phenoxy) is 3. The normalized spacial score (nSPS) is 47.2. The Morgan fingerprint density at radius 3 is 2.24 bits per heavy atom. The fraction of sp³-hybridized carbons (Fsp3) is 0.889. The number of esters is 1. The molecule has 13 atom stereocenters. The van der Waals surface area contributed by atoms with Crippen molar-refractivity contribution in [1.29, 1.82) is 0 Å². The third-order valence-corrected chi connectivity index (χ3v) is 8.24. The molecule has 2 heterocycles. The van der Waals surface area contributed by atoms with Crippen LogP contribution in [0.25, 0.3) is 0 Å². The number of carbonyl (C=O) groups is 1. The quantitative estimate of drug-likeness (QED) is 0.153. The molecule has 0 aromatic carbocycles. The summed E-state index contributed by atoms with van der Waals surface area (Å²) in [6.45, 7) is 15.3. The minimum atomic E-state index is -1.60. The van der Waals surface area contributed by atoms with Crippen LogP contribution in [0, 0.1) is 23.7 Å². The highest BCUT2D eigenvalue weighted by atomic mass is 16.7. The Hall–Kier alpha value is -1.63. The minimum Gasteiger partial charge on any atom is -0.459 e. The lowest BCUT2D eigenvalue weighted by Gasteiger charge is -2.44. The number of aliphatic imine (C=N–C) groups is 1. The predicted octanol–water partition coefficient (Wildman–Crippen LogP) is 1.90. The number of oxime groups is 1. The van der Waals surface area contributed by atoms with E-state index in [1.54, 1.807) is 34.6 Å². The maximum absolute atomic E-state index is 13.0. The van der Waals surface area contributed by atoms with Crippen LogP contribution in [0.15, 0.2) is 10.1 Å². The molecule has 2 aliphatic heterocycles. The largest absolute Gasteiger partial charge is 0.459 e. The summed E-state index contributed by atoms with van der Waals surface area (Å²) < 4.78 is 17.8. The van der Waals surface area contributed by atoms with Gasteiger partial charge in [-0.2, -0.15) is 0 Å². The molecule has 0 bridgehead atoms. The van der Waals surface area contributed by atoms with E-state index in [4.69, 9.17) is 14.2 Å². The second-order valence-electron chi connectivity index (χ2n) is 11.5. The third kappa shape index (κ3) is 7.51. The van der Waals surface area contributed by atoms with Gasteiger partial charge in [0.1, 0.15) is 12.2 Å². The average Bonchev–Trinajstić information content (AvgIpc) is 2.86. The zero-order chi connectivity index (χ0) is 28.9. The summed E-state index contributed by atoms with van der Waals surface area (Å²) in [5.74, 6) is -3.92. The van der Waals surface area contributed by atoms with Gasteiger partial charge in [0.25, 0.3) is 0 Å². The Kier molecular flexibility index (Phi) is 11.7. The van der Waals surface area contributed by atoms with Gasteiger partial charge >= 0.3 is 5.97 Å². The molecule has 2 saturated heterocycles. The molecule has 0 spiro atoms. The van der Waals surface area contributed by atoms with Crippen LogP contribution in [0.4, 0.5) is 0 Å². The van der Waals surface area contributed by atoms with Gasteiger partial charge in [0.15, 0.2) is 6.29 Å². The fourth-order valence-corrected chi connectivity index (χ4v) is 5.90. The maximum atomic E-state index is 13.0. The molecule has 7 unspecified atom stereocenters. The van der Waals surface area contributed by atoms with Crippen molar-refractivity contribution in [3.8, 4) is 0 Å². The van der Waals surface area contributed by atoms with Gasteiger partial charge in [-0.1, -0.05) is 32.9 Å². The van der Waals surface area contributed by atoms with Crippen LogP contribution in [0.1, 0.15) is 74.1 Å². The number of cyclic esters (lactones) is 1. The van der Waals surface area contributed by atoms with Crippen molar-refractivity contribution >= 4 is 18.4 Å². The number of hydrogen-bond donors (Lipinski definition) is 5. The standard InChI is InChI=1S/C27H48N2O9/c1-9-19-24(32)23(31)15(4)21(29-35)13(2)12-27(7,34)25(16(5)22(30)17(6)26(33)37-19)38-20-11-18(28-8)10-14(3)36-20/h13-20,22-25,30-32,34-35H,8-12H2,1-7H3/b29-21+/t13-,14?,15?,16+,17?,18?,19-,20?,22+,23?,24?,25-,27-/m1/s1. The summed E-state index contributed by atoms with van der Waals surface area (Å²) in [6, 6.07) is -0.0897. The highest BCUT2D eigenvalue weighted by molar-refractivity contribution is 5.88. The molecular weight excluding hydrogens is 496 g/mol. The zero-order valence-corrected chi connectivity index (χ0v) is 23.7. The molecule has 2 fully saturated rings. The molecule has 5 N–H and O–H groups in total. The summed E-state index contributed by atoms with van der Waals surface area (Å²) in [4.78, 5) is 17.1. The number of carbonyl (C=O) groups excluding carboxylic acids is 1. The van der Waals surface area contributed by atoms with Gasteiger partial charge < -0.3 is 39.8 Å². The molecule has 0 aromatic heterocycles. The molecular formula is C27H48N2O9. The molecule has 0 aliphatic carbocycles. The van der Waals surface area contributed by atoms with E-state index >= 15 is 0 Å². The van der Waals surface area contributed by atoms with Crippen LogP contribution < -0.4 is 0 Å². The van der Waals surface area contributed by atoms with E-state index in [1.165, 1.54) is 6.92 Å². The van der Waals surface area contributed by atoms with Crippen molar-refractivity contribution in [2.45, 2.75) is 129 Å². The molecule has 0 saturated carbocycles. The van der Waals surface area contributed by atoms with Crippen LogP contribution in [-0.2, 0) is 19.0 Å². The number of nitrogens with zero attached hydrogens (tertiary/aromatic N) is 2. The Bertz CT molecular complexity index is 822. The van der Waals surface area contributed by atoms with Crippen LogP contribution in [0.5, 0.6) is 0 Å². The Morgan fingerprint density at radius 1 is 1.05 bits per heavy atom. The van der Waals surface area contributed by atoms with E-state index < -0.39 is 72.1 Å². The first-order valence-electron chi connectivity index (χ1n) is 13.6. The van der Waals surface area contributed by atoms with Gasteiger partial charge in [0.05, 0.1) is 47.7 Å². The summed E-state index contributed by atoms with van der Waals surface area (Å²) in [7, 11) is 0. The van der Waals surface area contributed by atoms with Crippen molar-refractivity contribution in [1.82, 2.24) is 0 Å². The molecule has 0 amide bonds. The van der Waals surface area contributed by atoms with Gasteiger partial charge in [-0.25, -0.2) is 0 Å². The fourth-order valence-electron chi connectivity index (χ4n) is 5.90. The smallest absolute Gasteiger partial charge is 0.311 e. The zero-order valence-electron chi connectivity index (χ0n) is 23.7. The number of aliphatic hydroxyl groups is 4. The molecule has 11 heteroatoms. The van der Waals surface area contributed by atoms with Crippen molar-refractivity contribution in [2.24, 2.45) is 33.8 Å². The van der Waals surface area contributed by atoms with Gasteiger partial charge in [-0.15, -0.1) is 0 Å². The minimum absolute atomic E-state index is 0.0305. The first-order chi connectivity index (χ1) is 17.7. The monoisotopic (exact) mass is 544 g/mol. The first-order valence-corrected chi connectivity index (χ1v) is 13.6. The van der Waals surface area contributed by atoms with Crippen molar-refractivity contribution in [2.75, 3.05) is 0 Å².